The largest absolute Gasteiger partial charge is 1.00 e. The van der Waals surface area contributed by atoms with Gasteiger partial charge in [0.1, 0.15) is 5.78 Å². The fraction of sp³-hybridized carbons (Fsp3) is 0.969. The van der Waals surface area contributed by atoms with Crippen molar-refractivity contribution in [2.45, 2.75) is 323 Å². The Morgan fingerprint density at radius 2 is 0.923 bits per heavy atom. The van der Waals surface area contributed by atoms with Crippen molar-refractivity contribution in [1.82, 2.24) is 0 Å². The second kappa shape index (κ2) is 20.6. The van der Waals surface area contributed by atoms with E-state index in [0.717, 1.165) is 50.9 Å². The van der Waals surface area contributed by atoms with Crippen LogP contribution in [0, 0.1) is 82.3 Å². The van der Waals surface area contributed by atoms with Gasteiger partial charge >= 0.3 is 18.9 Å². The zero-order valence-corrected chi connectivity index (χ0v) is 58.4. The molecule has 0 amide bonds. The molecule has 446 valence electrons. The Hall–Kier alpha value is 0.598. The molecule has 9 nitrogen and oxygen atoms in total. The van der Waals surface area contributed by atoms with Crippen molar-refractivity contribution in [1.29, 1.82) is 0 Å². The number of aliphatic hydroxyl groups is 1. The summed E-state index contributed by atoms with van der Waals surface area (Å²) in [4.78, 5) is 14.5. The van der Waals surface area contributed by atoms with Crippen molar-refractivity contribution in [2.75, 3.05) is 0 Å². The first kappa shape index (κ1) is 66.1. The molecule has 2 heterocycles. The van der Waals surface area contributed by atoms with E-state index in [2.05, 4.69) is 171 Å². The number of ether oxygens (including phenoxy) is 4. The van der Waals surface area contributed by atoms with Crippen LogP contribution >= 0.6 is 0 Å². The molecular formula is C65H119LiO9Si3. The molecule has 78 heavy (non-hydrogen) atoms. The molecule has 0 bridgehead atoms. The molecule has 8 saturated carbocycles. The number of rotatable bonds is 6. The molecule has 0 aromatic heterocycles. The Morgan fingerprint density at radius 1 is 0.513 bits per heavy atom. The summed E-state index contributed by atoms with van der Waals surface area (Å²) in [5, 5.41) is 12.8. The van der Waals surface area contributed by atoms with Gasteiger partial charge in [0.05, 0.1) is 42.2 Å². The number of hydrogen-bond acceptors (Lipinski definition) is 9. The normalized spacial score (nSPS) is 47.5. The van der Waals surface area contributed by atoms with Crippen LogP contribution in [0.3, 0.4) is 0 Å². The third-order valence-corrected chi connectivity index (χ3v) is 40.2. The topological polar surface area (TPSA) is 102 Å². The average molecular weight is 1140 g/mol. The maximum atomic E-state index is 14.5. The van der Waals surface area contributed by atoms with Gasteiger partial charge in [-0.2, -0.15) is 0 Å². The number of ketones is 1. The summed E-state index contributed by atoms with van der Waals surface area (Å²) in [5.74, 6) is 3.12. The summed E-state index contributed by atoms with van der Waals surface area (Å²) in [5.41, 5.74) is -0.859. The van der Waals surface area contributed by atoms with Crippen molar-refractivity contribution < 1.29 is 61.0 Å². The molecule has 2 aliphatic heterocycles. The molecule has 1 N–H and O–H groups in total. The van der Waals surface area contributed by atoms with E-state index in [1.807, 2.05) is 0 Å². The van der Waals surface area contributed by atoms with E-state index in [1.54, 1.807) is 0 Å². The molecule has 0 radical (unpaired) electrons. The Balaban J connectivity index is 0.000000223. The Kier molecular flexibility index (Phi) is 17.5. The molecular weight excluding hydrogens is 1020 g/mol. The second-order valence-electron chi connectivity index (χ2n) is 34.6. The number of hydrogen-bond donors (Lipinski definition) is 1. The second-order valence-corrected chi connectivity index (χ2v) is 48.8. The molecule has 13 heteroatoms. The maximum Gasteiger partial charge on any atom is 1.00 e. The molecule has 0 spiro atoms. The minimum atomic E-state index is -2.00. The van der Waals surface area contributed by atoms with E-state index >= 15 is 0 Å². The van der Waals surface area contributed by atoms with Crippen LogP contribution < -0.4 is 18.9 Å². The molecule has 0 aromatic rings. The van der Waals surface area contributed by atoms with Crippen LogP contribution in [0.15, 0.2) is 0 Å². The van der Waals surface area contributed by atoms with Gasteiger partial charge in [-0.3, -0.25) is 4.79 Å². The van der Waals surface area contributed by atoms with Crippen molar-refractivity contribution >= 4 is 30.7 Å². The van der Waals surface area contributed by atoms with Crippen molar-refractivity contribution in [2.24, 2.45) is 74.9 Å². The summed E-state index contributed by atoms with van der Waals surface area (Å²) in [6.07, 6.45) is 13.2. The van der Waals surface area contributed by atoms with Gasteiger partial charge in [0.2, 0.25) is 0 Å². The third kappa shape index (κ3) is 10.5. The Labute approximate surface area is 494 Å². The smallest absolute Gasteiger partial charge is 0.414 e. The van der Waals surface area contributed by atoms with Crippen LogP contribution in [0.2, 0.25) is 54.4 Å². The molecule has 2 saturated heterocycles. The monoisotopic (exact) mass is 1130 g/mol. The van der Waals surface area contributed by atoms with Crippen LogP contribution in [0.1, 0.15) is 209 Å². The first-order valence-electron chi connectivity index (χ1n) is 31.3. The van der Waals surface area contributed by atoms with E-state index in [4.69, 9.17) is 32.2 Å². The molecule has 9 unspecified atom stereocenters. The first-order chi connectivity index (χ1) is 34.3. The van der Waals surface area contributed by atoms with Crippen molar-refractivity contribution in [3.8, 4) is 0 Å². The number of carbonyl (C=O) groups is 1. The summed E-state index contributed by atoms with van der Waals surface area (Å²) in [6.45, 7) is 57.7. The third-order valence-electron chi connectivity index (χ3n) is 26.6. The maximum absolute atomic E-state index is 14.5. The number of carbonyl (C=O) groups excluding carboxylic acids is 1. The van der Waals surface area contributed by atoms with Gasteiger partial charge < -0.3 is 44.8 Å². The van der Waals surface area contributed by atoms with Crippen molar-refractivity contribution in [3.63, 3.8) is 0 Å². The number of Topliss-reactive ketones (excluding diaryl/α,β-unsaturated/α-hetero) is 1. The SMILES string of the molecule is CC1(C)O[C@@H]2C3C(CC[C@@]4(C)C3CC[C@@H]4O[Si](C)(C)C(C)(C)C)[C@@]3(C)C(=O)C[C@H](O[Si](C)(C)C(C)(C)C)CC3[C@H]2O1.C[C@H]1CCC2C3C(CC[C@@]21C)[C@]1(C)C(C[C@@H](O[Si](C)(C)C(C)(C)C)CC1(C)O)[C@H]1OC(C)(C)O[C@H]31.[CH3-].[Li+]. The van der Waals surface area contributed by atoms with Crippen LogP contribution in [-0.2, 0) is 37.0 Å². The zero-order valence-electron chi connectivity index (χ0n) is 55.4. The fourth-order valence-corrected chi connectivity index (χ4v) is 23.1. The van der Waals surface area contributed by atoms with Gasteiger partial charge in [-0.05, 0) is 211 Å². The molecule has 10 rings (SSSR count). The van der Waals surface area contributed by atoms with E-state index in [0.29, 0.717) is 53.1 Å². The average Bonchev–Trinajstić information content (AvgIpc) is 3.96. The first-order valence-corrected chi connectivity index (χ1v) is 40.0. The summed E-state index contributed by atoms with van der Waals surface area (Å²) >= 11 is 0. The zero-order chi connectivity index (χ0) is 56.7. The molecule has 21 atom stereocenters. The van der Waals surface area contributed by atoms with Crippen LogP contribution in [-0.4, -0.2) is 95.7 Å². The van der Waals surface area contributed by atoms with E-state index in [-0.39, 0.29) is 112 Å². The summed E-state index contributed by atoms with van der Waals surface area (Å²) < 4.78 is 48.5. The minimum absolute atomic E-state index is 0. The quantitative estimate of drug-likeness (QED) is 0.206. The molecule has 10 aliphatic rings. The Morgan fingerprint density at radius 3 is 1.45 bits per heavy atom. The molecule has 0 aromatic carbocycles. The number of fused-ring (bicyclic) bond motifs is 16. The van der Waals surface area contributed by atoms with E-state index in [9.17, 15) is 9.90 Å². The predicted octanol–water partition coefficient (Wildman–Crippen LogP) is 13.3. The van der Waals surface area contributed by atoms with Gasteiger partial charge in [0, 0.05) is 35.7 Å². The van der Waals surface area contributed by atoms with Gasteiger partial charge in [0.15, 0.2) is 36.5 Å². The minimum Gasteiger partial charge on any atom is -0.414 e. The van der Waals surface area contributed by atoms with Gasteiger partial charge in [0.25, 0.3) is 0 Å². The van der Waals surface area contributed by atoms with E-state index < -0.39 is 42.1 Å². The van der Waals surface area contributed by atoms with E-state index in [1.165, 1.54) is 25.7 Å². The Bertz CT molecular complexity index is 2190. The van der Waals surface area contributed by atoms with Crippen LogP contribution in [0.5, 0.6) is 0 Å². The molecule has 8 aliphatic carbocycles. The van der Waals surface area contributed by atoms with Gasteiger partial charge in [-0.25, -0.2) is 0 Å². The van der Waals surface area contributed by atoms with Crippen LogP contribution in [0.25, 0.3) is 0 Å². The standard InChI is InChI=1S/C34H62O5Si2.C30H54O4Si.CH3.Li/c1-30(2,3)40(11,12)38-21-19-24-28-29(37-32(7,8)36-28)27-22-15-16-26(39-41(13,14)31(4,5)6)33(22,9)18-17-23(27)34(24,10)25(35)20-21;1-18-12-13-20-23-21(14-15-28(18,20)7)30(9)22(24-25(23)33-27(5,6)32-24)16-19(17-29(30,8)31)34-35(10,11)26(2,3)4;;/h21-24,26-29H,15-20H2,1-14H3;18-25,31H,12-17H2,1-11H3;1H3;/q;;-1;+1/t21-,22?,23?,24?,26+,27?,28-,29-,33+,34-;18-,19+,20?,21?,22?,23?,24+,25+,28+,29?,30+;;/m10../s1. The fourth-order valence-electron chi connectivity index (χ4n) is 18.9. The van der Waals surface area contributed by atoms with Gasteiger partial charge in [-0.1, -0.05) is 96.9 Å². The summed E-state index contributed by atoms with van der Waals surface area (Å²) in [7, 11) is -5.86. The summed E-state index contributed by atoms with van der Waals surface area (Å²) in [6, 6.07) is 0. The van der Waals surface area contributed by atoms with Crippen LogP contribution in [0.4, 0.5) is 0 Å². The van der Waals surface area contributed by atoms with Gasteiger partial charge in [-0.15, -0.1) is 0 Å². The molecule has 10 fully saturated rings. The van der Waals surface area contributed by atoms with Crippen molar-refractivity contribution in [3.05, 3.63) is 7.43 Å². The predicted molar refractivity (Wildman–Crippen MR) is 321 cm³/mol.